The van der Waals surface area contributed by atoms with E-state index in [4.69, 9.17) is 4.74 Å². The Morgan fingerprint density at radius 3 is 2.47 bits per heavy atom. The molecule has 1 amide bonds. The van der Waals surface area contributed by atoms with Crippen LogP contribution in [0.1, 0.15) is 11.4 Å². The van der Waals surface area contributed by atoms with E-state index in [2.05, 4.69) is 15.5 Å². The maximum absolute atomic E-state index is 13.5. The highest BCUT2D eigenvalue weighted by molar-refractivity contribution is 7.99. The average molecular weight is 449 g/mol. The maximum Gasteiger partial charge on any atom is 0.234 e. The van der Waals surface area contributed by atoms with E-state index in [-0.39, 0.29) is 17.5 Å². The number of nitrogens with one attached hydrogen (secondary N) is 1. The predicted molar refractivity (Wildman–Crippen MR) is 123 cm³/mol. The number of nitrogens with zero attached hydrogens (tertiary/aromatic N) is 3. The zero-order valence-electron chi connectivity index (χ0n) is 17.4. The highest BCUT2D eigenvalue weighted by atomic mass is 32.2. The van der Waals surface area contributed by atoms with Crippen molar-refractivity contribution in [3.8, 4) is 11.4 Å². The minimum atomic E-state index is -0.322. The van der Waals surface area contributed by atoms with Crippen LogP contribution in [0.15, 0.2) is 84.0 Å². The summed E-state index contributed by atoms with van der Waals surface area (Å²) in [6, 6.07) is 23.3. The number of carbonyl (C=O) groups is 1. The summed E-state index contributed by atoms with van der Waals surface area (Å²) in [6.45, 7) is 0. The van der Waals surface area contributed by atoms with Gasteiger partial charge in [-0.2, -0.15) is 0 Å². The van der Waals surface area contributed by atoms with E-state index >= 15 is 0 Å². The molecule has 32 heavy (non-hydrogen) atoms. The number of methoxy groups -OCH3 is 1. The molecule has 0 saturated carbocycles. The summed E-state index contributed by atoms with van der Waals surface area (Å²) in [5, 5.41) is 12.1. The fourth-order valence-electron chi connectivity index (χ4n) is 3.20. The third kappa shape index (κ3) is 5.15. The number of hydrogen-bond donors (Lipinski definition) is 1. The van der Waals surface area contributed by atoms with E-state index < -0.39 is 0 Å². The van der Waals surface area contributed by atoms with Crippen LogP contribution in [-0.4, -0.2) is 33.5 Å². The molecule has 6 nitrogen and oxygen atoms in total. The molecule has 0 radical (unpaired) electrons. The number of halogens is 1. The van der Waals surface area contributed by atoms with Gasteiger partial charge in [0.25, 0.3) is 0 Å². The molecule has 0 bridgehead atoms. The Kier molecular flexibility index (Phi) is 6.81. The lowest BCUT2D eigenvalue weighted by molar-refractivity contribution is -0.113. The van der Waals surface area contributed by atoms with E-state index in [9.17, 15) is 9.18 Å². The van der Waals surface area contributed by atoms with Crippen molar-refractivity contribution in [2.24, 2.45) is 0 Å². The van der Waals surface area contributed by atoms with Crippen LogP contribution in [0.4, 0.5) is 10.1 Å². The molecule has 162 valence electrons. The van der Waals surface area contributed by atoms with Gasteiger partial charge in [0, 0.05) is 12.1 Å². The SMILES string of the molecule is COc1ccccc1NC(=O)CSc1nnc(Cc2ccccc2)n1-c1ccc(F)cc1. The molecule has 0 spiro atoms. The van der Waals surface area contributed by atoms with Gasteiger partial charge in [0.05, 0.1) is 18.6 Å². The van der Waals surface area contributed by atoms with Crippen LogP contribution in [0.2, 0.25) is 0 Å². The molecule has 0 atom stereocenters. The van der Waals surface area contributed by atoms with Crippen molar-refractivity contribution in [3.05, 3.63) is 96.1 Å². The number of ether oxygens (including phenoxy) is 1. The zero-order valence-corrected chi connectivity index (χ0v) is 18.2. The Bertz CT molecular complexity index is 1200. The van der Waals surface area contributed by atoms with Crippen molar-refractivity contribution in [1.82, 2.24) is 14.8 Å². The van der Waals surface area contributed by atoms with E-state index in [0.717, 1.165) is 11.3 Å². The largest absolute Gasteiger partial charge is 0.495 e. The third-order valence-corrected chi connectivity index (χ3v) is 5.63. The first kappa shape index (κ1) is 21.6. The smallest absolute Gasteiger partial charge is 0.234 e. The van der Waals surface area contributed by atoms with E-state index in [0.29, 0.717) is 28.8 Å². The number of para-hydroxylation sites is 2. The quantitative estimate of drug-likeness (QED) is 0.395. The zero-order chi connectivity index (χ0) is 22.3. The topological polar surface area (TPSA) is 69.0 Å². The van der Waals surface area contributed by atoms with Crippen molar-refractivity contribution in [1.29, 1.82) is 0 Å². The van der Waals surface area contributed by atoms with E-state index in [1.165, 1.54) is 23.9 Å². The molecule has 0 aliphatic rings. The molecule has 4 aromatic rings. The van der Waals surface area contributed by atoms with Gasteiger partial charge >= 0.3 is 0 Å². The summed E-state index contributed by atoms with van der Waals surface area (Å²) in [4.78, 5) is 12.5. The second kappa shape index (κ2) is 10.1. The van der Waals surface area contributed by atoms with Crippen LogP contribution < -0.4 is 10.1 Å². The highest BCUT2D eigenvalue weighted by Gasteiger charge is 2.17. The minimum absolute atomic E-state index is 0.128. The summed E-state index contributed by atoms with van der Waals surface area (Å²) >= 11 is 1.26. The summed E-state index contributed by atoms with van der Waals surface area (Å²) < 4.78 is 20.6. The van der Waals surface area contributed by atoms with Crippen LogP contribution >= 0.6 is 11.8 Å². The molecular formula is C24H21FN4O2S. The predicted octanol–water partition coefficient (Wildman–Crippen LogP) is 4.74. The molecule has 1 aromatic heterocycles. The van der Waals surface area contributed by atoms with Crippen LogP contribution in [0, 0.1) is 5.82 Å². The number of benzene rings is 3. The fourth-order valence-corrected chi connectivity index (χ4v) is 3.97. The fraction of sp³-hybridized carbons (Fsp3) is 0.125. The molecule has 0 fully saturated rings. The van der Waals surface area contributed by atoms with Crippen LogP contribution in [0.3, 0.4) is 0 Å². The second-order valence-corrected chi connectivity index (χ2v) is 7.85. The number of anilines is 1. The molecule has 1 heterocycles. The molecule has 0 aliphatic carbocycles. The lowest BCUT2D eigenvalue weighted by atomic mass is 10.1. The van der Waals surface area contributed by atoms with E-state index in [1.54, 1.807) is 31.4 Å². The van der Waals surface area contributed by atoms with E-state index in [1.807, 2.05) is 47.0 Å². The first-order valence-electron chi connectivity index (χ1n) is 9.94. The number of carbonyl (C=O) groups excluding carboxylic acids is 1. The van der Waals surface area contributed by atoms with Gasteiger partial charge in [-0.3, -0.25) is 9.36 Å². The maximum atomic E-state index is 13.5. The van der Waals surface area contributed by atoms with Gasteiger partial charge < -0.3 is 10.1 Å². The molecule has 4 rings (SSSR count). The molecule has 8 heteroatoms. The highest BCUT2D eigenvalue weighted by Crippen LogP contribution is 2.26. The van der Waals surface area contributed by atoms with Crippen LogP contribution in [0.5, 0.6) is 5.75 Å². The number of rotatable bonds is 8. The number of hydrogen-bond acceptors (Lipinski definition) is 5. The Labute approximate surface area is 189 Å². The number of thioether (sulfide) groups is 1. The van der Waals surface area contributed by atoms with Crippen LogP contribution in [-0.2, 0) is 11.2 Å². The average Bonchev–Trinajstić information content (AvgIpc) is 3.21. The van der Waals surface area contributed by atoms with Crippen molar-refractivity contribution < 1.29 is 13.9 Å². The van der Waals surface area contributed by atoms with Crippen molar-refractivity contribution >= 4 is 23.4 Å². The lowest BCUT2D eigenvalue weighted by Gasteiger charge is -2.11. The Balaban J connectivity index is 1.55. The summed E-state index contributed by atoms with van der Waals surface area (Å²) in [7, 11) is 1.55. The second-order valence-electron chi connectivity index (χ2n) is 6.91. The summed E-state index contributed by atoms with van der Waals surface area (Å²) in [6.07, 6.45) is 0.555. The molecule has 1 N–H and O–H groups in total. The standard InChI is InChI=1S/C24H21FN4O2S/c1-31-21-10-6-5-9-20(21)26-23(30)16-32-24-28-27-22(15-17-7-3-2-4-8-17)29(24)19-13-11-18(25)12-14-19/h2-14H,15-16H2,1H3,(H,26,30). The third-order valence-electron chi connectivity index (χ3n) is 4.70. The summed E-state index contributed by atoms with van der Waals surface area (Å²) in [5.41, 5.74) is 2.41. The Morgan fingerprint density at radius 1 is 1.00 bits per heavy atom. The van der Waals surface area contributed by atoms with Gasteiger partial charge in [-0.05, 0) is 42.0 Å². The lowest BCUT2D eigenvalue weighted by Crippen LogP contribution is -2.15. The van der Waals surface area contributed by atoms with Gasteiger partial charge in [0.15, 0.2) is 5.16 Å². The van der Waals surface area contributed by atoms with Crippen molar-refractivity contribution in [3.63, 3.8) is 0 Å². The monoisotopic (exact) mass is 448 g/mol. The van der Waals surface area contributed by atoms with Gasteiger partial charge in [0.1, 0.15) is 17.4 Å². The normalized spacial score (nSPS) is 10.7. The number of amides is 1. The Morgan fingerprint density at radius 2 is 1.72 bits per heavy atom. The van der Waals surface area contributed by atoms with Crippen molar-refractivity contribution in [2.45, 2.75) is 11.6 Å². The minimum Gasteiger partial charge on any atom is -0.495 e. The Hall–Kier alpha value is -3.65. The van der Waals surface area contributed by atoms with Gasteiger partial charge in [-0.25, -0.2) is 4.39 Å². The van der Waals surface area contributed by atoms with Crippen LogP contribution in [0.25, 0.3) is 5.69 Å². The van der Waals surface area contributed by atoms with Gasteiger partial charge in [0.2, 0.25) is 5.91 Å². The molecule has 0 aliphatic heterocycles. The molecule has 0 saturated heterocycles. The van der Waals surface area contributed by atoms with Gasteiger partial charge in [-0.15, -0.1) is 10.2 Å². The number of aromatic nitrogens is 3. The molecule has 3 aromatic carbocycles. The molecule has 0 unspecified atom stereocenters. The summed E-state index contributed by atoms with van der Waals surface area (Å²) in [5.74, 6) is 0.901. The molecular weight excluding hydrogens is 427 g/mol. The van der Waals surface area contributed by atoms with Crippen molar-refractivity contribution in [2.75, 3.05) is 18.2 Å². The first-order chi connectivity index (χ1) is 15.6. The van der Waals surface area contributed by atoms with Gasteiger partial charge in [-0.1, -0.05) is 54.2 Å². The first-order valence-corrected chi connectivity index (χ1v) is 10.9.